The van der Waals surface area contributed by atoms with E-state index in [-0.39, 0.29) is 0 Å². The number of nitrogens with two attached hydrogens (primary N) is 1. The van der Waals surface area contributed by atoms with Crippen LogP contribution < -0.4 is 15.2 Å². The maximum absolute atomic E-state index is 5.89. The third kappa shape index (κ3) is 1.72. The van der Waals surface area contributed by atoms with Gasteiger partial charge in [-0.3, -0.25) is 0 Å². The van der Waals surface area contributed by atoms with Crippen LogP contribution in [0.1, 0.15) is 0 Å². The van der Waals surface area contributed by atoms with Crippen molar-refractivity contribution in [1.82, 2.24) is 0 Å². The molecule has 84 valence electrons. The second-order valence-electron chi connectivity index (χ2n) is 3.24. The van der Waals surface area contributed by atoms with Gasteiger partial charge in [0.25, 0.3) is 0 Å². The zero-order chi connectivity index (χ0) is 11.5. The predicted molar refractivity (Wildman–Crippen MR) is 67.3 cm³/mol. The first kappa shape index (κ1) is 10.8. The highest BCUT2D eigenvalue weighted by atomic mass is 32.1. The van der Waals surface area contributed by atoms with E-state index in [1.165, 1.54) is 0 Å². The molecule has 0 radical (unpaired) electrons. The van der Waals surface area contributed by atoms with Gasteiger partial charge in [-0.05, 0) is 23.6 Å². The summed E-state index contributed by atoms with van der Waals surface area (Å²) in [6.45, 7) is 0. The number of hydrogen-bond donors (Lipinski definition) is 1. The summed E-state index contributed by atoms with van der Waals surface area (Å²) in [5.74, 6) is 1.44. The number of anilines is 1. The van der Waals surface area contributed by atoms with Crippen molar-refractivity contribution in [2.24, 2.45) is 0 Å². The smallest absolute Gasteiger partial charge is 0.154 e. The van der Waals surface area contributed by atoms with Crippen LogP contribution in [-0.4, -0.2) is 14.2 Å². The molecule has 4 heteroatoms. The van der Waals surface area contributed by atoms with Gasteiger partial charge in [0.05, 0.1) is 25.5 Å². The lowest BCUT2D eigenvalue weighted by atomic mass is 10.1. The summed E-state index contributed by atoms with van der Waals surface area (Å²) >= 11 is 1.63. The molecule has 0 spiro atoms. The summed E-state index contributed by atoms with van der Waals surface area (Å²) in [6, 6.07) is 7.65. The zero-order valence-electron chi connectivity index (χ0n) is 9.19. The molecule has 0 amide bonds. The molecule has 0 aliphatic carbocycles. The van der Waals surface area contributed by atoms with E-state index >= 15 is 0 Å². The molecule has 0 fully saturated rings. The Morgan fingerprint density at radius 1 is 1.12 bits per heavy atom. The molecule has 0 unspecified atom stereocenters. The largest absolute Gasteiger partial charge is 0.496 e. The first-order chi connectivity index (χ1) is 7.77. The maximum atomic E-state index is 5.89. The molecule has 3 nitrogen and oxygen atoms in total. The average Bonchev–Trinajstić information content (AvgIpc) is 2.81. The zero-order valence-corrected chi connectivity index (χ0v) is 10.0. The molecule has 0 aliphatic rings. The second-order valence-corrected chi connectivity index (χ2v) is 4.19. The Morgan fingerprint density at radius 2 is 1.94 bits per heavy atom. The third-order valence-electron chi connectivity index (χ3n) is 2.34. The lowest BCUT2D eigenvalue weighted by molar-refractivity contribution is 0.399. The Morgan fingerprint density at radius 3 is 2.50 bits per heavy atom. The molecule has 2 aromatic rings. The molecular formula is C12H13NO2S. The maximum Gasteiger partial charge on any atom is 0.154 e. The number of nitrogen functional groups attached to an aromatic ring is 1. The van der Waals surface area contributed by atoms with Gasteiger partial charge >= 0.3 is 0 Å². The minimum absolute atomic E-state index is 0.617. The second kappa shape index (κ2) is 4.45. The number of ether oxygens (including phenoxy) is 2. The van der Waals surface area contributed by atoms with E-state index < -0.39 is 0 Å². The quantitative estimate of drug-likeness (QED) is 0.832. The van der Waals surface area contributed by atoms with Crippen molar-refractivity contribution in [3.8, 4) is 21.9 Å². The van der Waals surface area contributed by atoms with Crippen molar-refractivity contribution in [3.05, 3.63) is 29.6 Å². The molecule has 1 heterocycles. The van der Waals surface area contributed by atoms with Gasteiger partial charge < -0.3 is 15.2 Å². The lowest BCUT2D eigenvalue weighted by Crippen LogP contribution is -1.97. The van der Waals surface area contributed by atoms with Crippen LogP contribution in [0.25, 0.3) is 10.4 Å². The number of thiophene rings is 1. The molecule has 2 N–H and O–H groups in total. The average molecular weight is 235 g/mol. The van der Waals surface area contributed by atoms with Crippen LogP contribution in [0, 0.1) is 0 Å². The van der Waals surface area contributed by atoms with Crippen LogP contribution in [0.15, 0.2) is 29.6 Å². The minimum atomic E-state index is 0.617. The van der Waals surface area contributed by atoms with Gasteiger partial charge in [-0.15, -0.1) is 11.3 Å². The molecule has 0 saturated carbocycles. The fourth-order valence-electron chi connectivity index (χ4n) is 1.62. The van der Waals surface area contributed by atoms with Gasteiger partial charge in [-0.1, -0.05) is 6.07 Å². The van der Waals surface area contributed by atoms with E-state index in [9.17, 15) is 0 Å². The minimum Gasteiger partial charge on any atom is -0.496 e. The highest BCUT2D eigenvalue weighted by molar-refractivity contribution is 7.13. The molecule has 0 bridgehead atoms. The van der Waals surface area contributed by atoms with Crippen molar-refractivity contribution in [1.29, 1.82) is 0 Å². The van der Waals surface area contributed by atoms with Crippen molar-refractivity contribution in [3.63, 3.8) is 0 Å². The van der Waals surface area contributed by atoms with Gasteiger partial charge in [0, 0.05) is 4.88 Å². The van der Waals surface area contributed by atoms with Crippen molar-refractivity contribution >= 4 is 17.0 Å². The van der Waals surface area contributed by atoms with E-state index in [1.807, 2.05) is 23.6 Å². The van der Waals surface area contributed by atoms with Crippen molar-refractivity contribution in [2.75, 3.05) is 20.0 Å². The molecular weight excluding hydrogens is 222 g/mol. The van der Waals surface area contributed by atoms with E-state index in [1.54, 1.807) is 31.6 Å². The summed E-state index contributed by atoms with van der Waals surface area (Å²) in [4.78, 5) is 1.08. The fourth-order valence-corrected chi connectivity index (χ4v) is 2.40. The highest BCUT2D eigenvalue weighted by Gasteiger charge is 2.15. The molecule has 0 aliphatic heterocycles. The number of benzene rings is 1. The highest BCUT2D eigenvalue weighted by Crippen LogP contribution is 2.43. The SMILES string of the molecule is COc1ccc(N)c(OC)c1-c1cccs1. The predicted octanol–water partition coefficient (Wildman–Crippen LogP) is 3.01. The van der Waals surface area contributed by atoms with Gasteiger partial charge in [-0.2, -0.15) is 0 Å². The fraction of sp³-hybridized carbons (Fsp3) is 0.167. The van der Waals surface area contributed by atoms with Crippen LogP contribution in [0.5, 0.6) is 11.5 Å². The summed E-state index contributed by atoms with van der Waals surface area (Å²) in [7, 11) is 3.25. The van der Waals surface area contributed by atoms with Crippen LogP contribution in [0.4, 0.5) is 5.69 Å². The van der Waals surface area contributed by atoms with Crippen molar-refractivity contribution in [2.45, 2.75) is 0 Å². The number of methoxy groups -OCH3 is 2. The Bertz CT molecular complexity index is 480. The Labute approximate surface area is 98.4 Å². The Balaban J connectivity index is 2.68. The van der Waals surface area contributed by atoms with Gasteiger partial charge in [0.2, 0.25) is 0 Å². The third-order valence-corrected chi connectivity index (χ3v) is 3.23. The van der Waals surface area contributed by atoms with Crippen LogP contribution in [0.2, 0.25) is 0 Å². The van der Waals surface area contributed by atoms with Gasteiger partial charge in [-0.25, -0.2) is 0 Å². The summed E-state index contributed by atoms with van der Waals surface area (Å²) in [6.07, 6.45) is 0. The molecule has 16 heavy (non-hydrogen) atoms. The van der Waals surface area contributed by atoms with E-state index in [2.05, 4.69) is 0 Å². The molecule has 1 aromatic carbocycles. The van der Waals surface area contributed by atoms with Crippen molar-refractivity contribution < 1.29 is 9.47 Å². The van der Waals surface area contributed by atoms with Crippen LogP contribution in [-0.2, 0) is 0 Å². The number of hydrogen-bond acceptors (Lipinski definition) is 4. The molecule has 1 aromatic heterocycles. The summed E-state index contributed by atoms with van der Waals surface area (Å²) in [5, 5.41) is 2.01. The first-order valence-corrected chi connectivity index (χ1v) is 5.70. The Kier molecular flexibility index (Phi) is 3.01. The molecule has 0 atom stereocenters. The van der Waals surface area contributed by atoms with E-state index in [4.69, 9.17) is 15.2 Å². The van der Waals surface area contributed by atoms with Crippen LogP contribution in [0.3, 0.4) is 0 Å². The molecule has 2 rings (SSSR count). The standard InChI is InChI=1S/C12H13NO2S/c1-14-9-6-5-8(13)12(15-2)11(9)10-4-3-7-16-10/h3-7H,13H2,1-2H3. The topological polar surface area (TPSA) is 44.5 Å². The van der Waals surface area contributed by atoms with Gasteiger partial charge in [0.15, 0.2) is 5.75 Å². The molecule has 0 saturated heterocycles. The lowest BCUT2D eigenvalue weighted by Gasteiger charge is -2.13. The first-order valence-electron chi connectivity index (χ1n) is 4.82. The normalized spacial score (nSPS) is 10.1. The number of rotatable bonds is 3. The summed E-state index contributed by atoms with van der Waals surface area (Å²) in [5.41, 5.74) is 7.42. The van der Waals surface area contributed by atoms with E-state index in [0.29, 0.717) is 11.4 Å². The van der Waals surface area contributed by atoms with E-state index in [0.717, 1.165) is 16.2 Å². The monoisotopic (exact) mass is 235 g/mol. The summed E-state index contributed by atoms with van der Waals surface area (Å²) < 4.78 is 10.7. The van der Waals surface area contributed by atoms with Gasteiger partial charge in [0.1, 0.15) is 5.75 Å². The Hall–Kier alpha value is -1.68. The van der Waals surface area contributed by atoms with Crippen LogP contribution >= 0.6 is 11.3 Å².